The zero-order chi connectivity index (χ0) is 21.8. The van der Waals surface area contributed by atoms with Crippen LogP contribution in [-0.4, -0.2) is 60.9 Å². The lowest BCUT2D eigenvalue weighted by atomic mass is 9.64. The largest absolute Gasteiger partial charge is 0.490 e. The van der Waals surface area contributed by atoms with E-state index < -0.39 is 12.1 Å². The monoisotopic (exact) mass is 428 g/mol. The first kappa shape index (κ1) is 22.6. The van der Waals surface area contributed by atoms with E-state index in [4.69, 9.17) is 14.6 Å². The predicted octanol–water partition coefficient (Wildman–Crippen LogP) is 3.00. The lowest BCUT2D eigenvalue weighted by molar-refractivity contribution is -0.192. The van der Waals surface area contributed by atoms with Crippen molar-refractivity contribution in [2.24, 2.45) is 11.3 Å². The van der Waals surface area contributed by atoms with Gasteiger partial charge in [0.1, 0.15) is 0 Å². The lowest BCUT2D eigenvalue weighted by Crippen LogP contribution is -2.64. The lowest BCUT2D eigenvalue weighted by Gasteiger charge is -2.53. The third-order valence-corrected chi connectivity index (χ3v) is 6.26. The van der Waals surface area contributed by atoms with Gasteiger partial charge >= 0.3 is 12.1 Å². The molecule has 1 amide bonds. The SMILES string of the molecule is O=C(O)C(F)(F)F.O=C1NC(c2ccccc2)C12CCN(CC1CCOCC1)CC2. The maximum absolute atomic E-state index is 12.3. The summed E-state index contributed by atoms with van der Waals surface area (Å²) in [4.78, 5) is 23.8. The van der Waals surface area contributed by atoms with Gasteiger partial charge in [-0.05, 0) is 50.3 Å². The molecule has 0 bridgehead atoms. The number of halogens is 3. The second-order valence-electron chi connectivity index (χ2n) is 8.13. The highest BCUT2D eigenvalue weighted by Crippen LogP contribution is 2.49. The van der Waals surface area contributed by atoms with Gasteiger partial charge in [-0.25, -0.2) is 4.79 Å². The number of carboxylic acid groups (broad SMARTS) is 1. The smallest absolute Gasteiger partial charge is 0.475 e. The minimum atomic E-state index is -5.08. The Bertz CT molecular complexity index is 728. The summed E-state index contributed by atoms with van der Waals surface area (Å²) in [5.41, 5.74) is 1.10. The van der Waals surface area contributed by atoms with Crippen LogP contribution in [0.25, 0.3) is 0 Å². The number of ether oxygens (including phenoxy) is 1. The van der Waals surface area contributed by atoms with Crippen LogP contribution < -0.4 is 5.32 Å². The highest BCUT2D eigenvalue weighted by atomic mass is 19.4. The molecule has 166 valence electrons. The van der Waals surface area contributed by atoms with Crippen LogP contribution >= 0.6 is 0 Å². The van der Waals surface area contributed by atoms with Gasteiger partial charge in [-0.3, -0.25) is 4.79 Å². The topological polar surface area (TPSA) is 78.9 Å². The molecule has 30 heavy (non-hydrogen) atoms. The first-order chi connectivity index (χ1) is 14.2. The van der Waals surface area contributed by atoms with Crippen LogP contribution in [0.3, 0.4) is 0 Å². The minimum Gasteiger partial charge on any atom is -0.475 e. The van der Waals surface area contributed by atoms with Crippen molar-refractivity contribution in [3.8, 4) is 0 Å². The number of nitrogens with zero attached hydrogens (tertiary/aromatic N) is 1. The Labute approximate surface area is 173 Å². The Balaban J connectivity index is 0.000000318. The van der Waals surface area contributed by atoms with Gasteiger partial charge in [0, 0.05) is 19.8 Å². The molecule has 3 aliphatic heterocycles. The van der Waals surface area contributed by atoms with Gasteiger partial charge in [0.15, 0.2) is 0 Å². The normalized spacial score (nSPS) is 24.4. The number of hydrogen-bond acceptors (Lipinski definition) is 4. The standard InChI is InChI=1S/C19H26N2O2.C2HF3O2/c22-18-19(17(20-18)16-4-2-1-3-5-16)8-10-21(11-9-19)14-15-6-12-23-13-7-15;3-2(4,5)1(6)7/h1-5,15,17H,6-14H2,(H,20,22);(H,6,7). The zero-order valence-corrected chi connectivity index (χ0v) is 16.7. The van der Waals surface area contributed by atoms with Gasteiger partial charge in [-0.2, -0.15) is 13.2 Å². The number of piperidine rings is 1. The average molecular weight is 428 g/mol. The molecule has 4 rings (SSSR count). The fourth-order valence-corrected chi connectivity index (χ4v) is 4.46. The van der Waals surface area contributed by atoms with E-state index in [0.717, 1.165) is 45.1 Å². The molecule has 0 aliphatic carbocycles. The quantitative estimate of drug-likeness (QED) is 0.724. The number of amides is 1. The summed E-state index contributed by atoms with van der Waals surface area (Å²) in [5.74, 6) is -1.72. The zero-order valence-electron chi connectivity index (χ0n) is 16.7. The maximum atomic E-state index is 12.3. The molecule has 3 heterocycles. The number of β-lactam (4-membered cyclic amide) rings is 1. The number of aliphatic carboxylic acids is 1. The second kappa shape index (κ2) is 9.34. The van der Waals surface area contributed by atoms with Crippen LogP contribution in [0, 0.1) is 11.3 Å². The van der Waals surface area contributed by atoms with E-state index in [1.54, 1.807) is 0 Å². The first-order valence-corrected chi connectivity index (χ1v) is 10.2. The van der Waals surface area contributed by atoms with Crippen molar-refractivity contribution in [1.29, 1.82) is 0 Å². The third kappa shape index (κ3) is 5.13. The summed E-state index contributed by atoms with van der Waals surface area (Å²) in [6.07, 6.45) is -0.729. The number of rotatable bonds is 3. The first-order valence-electron chi connectivity index (χ1n) is 10.2. The summed E-state index contributed by atoms with van der Waals surface area (Å²) >= 11 is 0. The number of benzene rings is 1. The average Bonchev–Trinajstić information content (AvgIpc) is 2.73. The molecular formula is C21H27F3N2O4. The number of carboxylic acids is 1. The molecule has 6 nitrogen and oxygen atoms in total. The summed E-state index contributed by atoms with van der Waals surface area (Å²) < 4.78 is 37.2. The highest BCUT2D eigenvalue weighted by molar-refractivity contribution is 5.90. The molecule has 3 saturated heterocycles. The summed E-state index contributed by atoms with van der Waals surface area (Å²) in [7, 11) is 0. The number of carbonyl (C=O) groups excluding carboxylic acids is 1. The molecule has 1 unspecified atom stereocenters. The van der Waals surface area contributed by atoms with Gasteiger partial charge < -0.3 is 20.1 Å². The Morgan fingerprint density at radius 3 is 2.23 bits per heavy atom. The van der Waals surface area contributed by atoms with Gasteiger partial charge in [-0.1, -0.05) is 30.3 Å². The number of hydrogen-bond donors (Lipinski definition) is 2. The van der Waals surface area contributed by atoms with E-state index in [9.17, 15) is 18.0 Å². The van der Waals surface area contributed by atoms with Crippen LogP contribution in [0.2, 0.25) is 0 Å². The number of nitrogens with one attached hydrogen (secondary N) is 1. The van der Waals surface area contributed by atoms with Crippen molar-refractivity contribution in [3.63, 3.8) is 0 Å². The molecule has 3 fully saturated rings. The number of alkyl halides is 3. The van der Waals surface area contributed by atoms with E-state index in [0.29, 0.717) is 0 Å². The molecule has 0 radical (unpaired) electrons. The summed E-state index contributed by atoms with van der Waals surface area (Å²) in [5, 5.41) is 10.3. The molecule has 1 atom stereocenters. The van der Waals surface area contributed by atoms with E-state index in [-0.39, 0.29) is 17.4 Å². The Hall–Kier alpha value is -2.13. The summed E-state index contributed by atoms with van der Waals surface area (Å²) in [6.45, 7) is 5.11. The fourth-order valence-electron chi connectivity index (χ4n) is 4.46. The molecular weight excluding hydrogens is 401 g/mol. The summed E-state index contributed by atoms with van der Waals surface area (Å²) in [6, 6.07) is 10.6. The minimum absolute atomic E-state index is 0.159. The van der Waals surface area contributed by atoms with Crippen molar-refractivity contribution < 1.29 is 32.6 Å². The van der Waals surface area contributed by atoms with Crippen molar-refractivity contribution in [2.45, 2.75) is 37.9 Å². The van der Waals surface area contributed by atoms with E-state index in [2.05, 4.69) is 34.5 Å². The van der Waals surface area contributed by atoms with Crippen molar-refractivity contribution in [3.05, 3.63) is 35.9 Å². The van der Waals surface area contributed by atoms with Crippen LogP contribution in [0.4, 0.5) is 13.2 Å². The molecule has 2 N–H and O–H groups in total. The molecule has 0 saturated carbocycles. The van der Waals surface area contributed by atoms with Gasteiger partial charge in [-0.15, -0.1) is 0 Å². The van der Waals surface area contributed by atoms with E-state index in [1.165, 1.54) is 24.9 Å². The van der Waals surface area contributed by atoms with Crippen LogP contribution in [-0.2, 0) is 14.3 Å². The molecule has 9 heteroatoms. The van der Waals surface area contributed by atoms with E-state index >= 15 is 0 Å². The Morgan fingerprint density at radius 1 is 1.17 bits per heavy atom. The molecule has 3 aliphatic rings. The molecule has 1 aromatic rings. The van der Waals surface area contributed by atoms with Crippen LogP contribution in [0.5, 0.6) is 0 Å². The van der Waals surface area contributed by atoms with Crippen LogP contribution in [0.15, 0.2) is 30.3 Å². The molecule has 1 aromatic carbocycles. The second-order valence-corrected chi connectivity index (χ2v) is 8.13. The van der Waals surface area contributed by atoms with Gasteiger partial charge in [0.05, 0.1) is 11.5 Å². The Kier molecular flexibility index (Phi) is 7.02. The highest BCUT2D eigenvalue weighted by Gasteiger charge is 2.56. The van der Waals surface area contributed by atoms with Crippen molar-refractivity contribution >= 4 is 11.9 Å². The number of likely N-dealkylation sites (tertiary alicyclic amines) is 1. The predicted molar refractivity (Wildman–Crippen MR) is 103 cm³/mol. The van der Waals surface area contributed by atoms with E-state index in [1.807, 2.05) is 6.07 Å². The maximum Gasteiger partial charge on any atom is 0.490 e. The third-order valence-electron chi connectivity index (χ3n) is 6.26. The van der Waals surface area contributed by atoms with Gasteiger partial charge in [0.2, 0.25) is 5.91 Å². The molecule has 1 spiro atoms. The van der Waals surface area contributed by atoms with Crippen LogP contribution in [0.1, 0.15) is 37.3 Å². The molecule has 0 aromatic heterocycles. The van der Waals surface area contributed by atoms with Crippen molar-refractivity contribution in [2.75, 3.05) is 32.8 Å². The number of carbonyl (C=O) groups is 2. The Morgan fingerprint density at radius 2 is 1.73 bits per heavy atom. The fraction of sp³-hybridized carbons (Fsp3) is 0.619. The van der Waals surface area contributed by atoms with Crippen molar-refractivity contribution in [1.82, 2.24) is 10.2 Å². The van der Waals surface area contributed by atoms with Gasteiger partial charge in [0.25, 0.3) is 0 Å².